The van der Waals surface area contributed by atoms with Crippen LogP contribution in [0.5, 0.6) is 0 Å². The summed E-state index contributed by atoms with van der Waals surface area (Å²) in [5, 5.41) is 8.25. The number of carbonyl (C=O) groups is 1. The molecule has 0 fully saturated rings. The molecule has 0 spiro atoms. The number of fused-ring (bicyclic) bond motifs is 1. The molecule has 0 aromatic carbocycles. The van der Waals surface area contributed by atoms with E-state index in [1.165, 1.54) is 6.26 Å². The fraction of sp³-hybridized carbons (Fsp3) is 0.407. The highest BCUT2D eigenvalue weighted by atomic mass is 32.2. The largest absolute Gasteiger partial charge is 0.446 e. The maximum absolute atomic E-state index is 12.9. The van der Waals surface area contributed by atoms with Crippen LogP contribution in [0, 0.1) is 12.8 Å². The van der Waals surface area contributed by atoms with E-state index in [2.05, 4.69) is 21.5 Å². The fourth-order valence-electron chi connectivity index (χ4n) is 4.46. The summed E-state index contributed by atoms with van der Waals surface area (Å²) >= 11 is 1.16. The van der Waals surface area contributed by atoms with Gasteiger partial charge in [0.05, 0.1) is 35.3 Å². The molecule has 11 nitrogen and oxygen atoms in total. The number of nitrogens with one attached hydrogen (secondary N) is 1. The standard InChI is InChI=1S/C27H33N7O4S2/c1-16(2)18(4)38-27(35)33-9-7-8-19(14-33)21-15-34-22(20-11-29-32(5)13-20)12-28-25(34)24(30-21)31-23-10-17(3)26(39-23)40(6,36)37/h8,10-13,15-16,18H,7,9,14H2,1-6H3,(H,30,31). The Morgan fingerprint density at radius 1 is 1.20 bits per heavy atom. The molecule has 1 amide bonds. The Labute approximate surface area is 237 Å². The second-order valence-electron chi connectivity index (χ2n) is 10.5. The zero-order valence-electron chi connectivity index (χ0n) is 23.4. The number of nitrogens with zero attached hydrogens (tertiary/aromatic N) is 6. The molecular formula is C27H33N7O4S2. The molecule has 40 heavy (non-hydrogen) atoms. The fourth-order valence-corrected chi connectivity index (χ4v) is 6.78. The molecule has 4 aromatic rings. The van der Waals surface area contributed by atoms with Crippen LogP contribution in [0.2, 0.25) is 0 Å². The molecule has 13 heteroatoms. The van der Waals surface area contributed by atoms with Crippen LogP contribution in [0.4, 0.5) is 15.6 Å². The molecule has 1 atom stereocenters. The minimum absolute atomic E-state index is 0.189. The van der Waals surface area contributed by atoms with Gasteiger partial charge in [-0.25, -0.2) is 23.2 Å². The minimum atomic E-state index is -3.36. The van der Waals surface area contributed by atoms with E-state index >= 15 is 0 Å². The smallest absolute Gasteiger partial charge is 0.410 e. The first-order valence-corrected chi connectivity index (χ1v) is 15.7. The lowest BCUT2D eigenvalue weighted by molar-refractivity contribution is 0.0535. The Balaban J connectivity index is 1.55. The normalized spacial score (nSPS) is 15.0. The summed E-state index contributed by atoms with van der Waals surface area (Å²) in [6.45, 7) is 8.63. The lowest BCUT2D eigenvalue weighted by atomic mass is 10.1. The van der Waals surface area contributed by atoms with Crippen molar-refractivity contribution >= 4 is 49.3 Å². The van der Waals surface area contributed by atoms with Crippen molar-refractivity contribution in [3.8, 4) is 11.3 Å². The average Bonchev–Trinajstić information content (AvgIpc) is 3.61. The third kappa shape index (κ3) is 5.61. The molecular weight excluding hydrogens is 550 g/mol. The van der Waals surface area contributed by atoms with Crippen LogP contribution in [-0.4, -0.2) is 69.0 Å². The van der Waals surface area contributed by atoms with Gasteiger partial charge in [0.15, 0.2) is 21.3 Å². The zero-order valence-corrected chi connectivity index (χ0v) is 25.0. The number of hydrogen-bond donors (Lipinski definition) is 1. The molecule has 0 aliphatic carbocycles. The first kappa shape index (κ1) is 27.8. The maximum Gasteiger partial charge on any atom is 0.410 e. The Bertz CT molecular complexity index is 1720. The monoisotopic (exact) mass is 583 g/mol. The summed E-state index contributed by atoms with van der Waals surface area (Å²) < 4.78 is 34.1. The van der Waals surface area contributed by atoms with E-state index in [4.69, 9.17) is 9.72 Å². The molecule has 0 saturated heterocycles. The van der Waals surface area contributed by atoms with Gasteiger partial charge in [0.25, 0.3) is 0 Å². The summed E-state index contributed by atoms with van der Waals surface area (Å²) in [6.07, 6.45) is 10.8. The van der Waals surface area contributed by atoms with E-state index in [-0.39, 0.29) is 18.1 Å². The molecule has 212 valence electrons. The topological polar surface area (TPSA) is 124 Å². The minimum Gasteiger partial charge on any atom is -0.446 e. The van der Waals surface area contributed by atoms with Crippen LogP contribution in [0.1, 0.15) is 38.4 Å². The number of aryl methyl sites for hydroxylation is 2. The van der Waals surface area contributed by atoms with E-state index in [1.54, 1.807) is 35.0 Å². The summed E-state index contributed by atoms with van der Waals surface area (Å²) in [5.41, 5.74) is 4.51. The van der Waals surface area contributed by atoms with Crippen LogP contribution in [0.25, 0.3) is 22.5 Å². The van der Waals surface area contributed by atoms with Crippen molar-refractivity contribution in [3.05, 3.63) is 48.2 Å². The Kier molecular flexibility index (Phi) is 7.44. The highest BCUT2D eigenvalue weighted by Gasteiger charge is 2.25. The van der Waals surface area contributed by atoms with Gasteiger partial charge in [0.1, 0.15) is 10.3 Å². The number of amides is 1. The van der Waals surface area contributed by atoms with Crippen molar-refractivity contribution in [2.75, 3.05) is 24.7 Å². The van der Waals surface area contributed by atoms with Crippen LogP contribution >= 0.6 is 11.3 Å². The molecule has 0 bridgehead atoms. The number of aromatic nitrogens is 5. The van der Waals surface area contributed by atoms with Crippen molar-refractivity contribution < 1.29 is 17.9 Å². The van der Waals surface area contributed by atoms with Gasteiger partial charge in [-0.15, -0.1) is 11.3 Å². The van der Waals surface area contributed by atoms with Crippen LogP contribution in [-0.2, 0) is 21.6 Å². The first-order valence-electron chi connectivity index (χ1n) is 13.0. The number of hydrogen-bond acceptors (Lipinski definition) is 9. The molecule has 0 radical (unpaired) electrons. The van der Waals surface area contributed by atoms with Gasteiger partial charge in [-0.3, -0.25) is 9.08 Å². The summed E-state index contributed by atoms with van der Waals surface area (Å²) in [4.78, 5) is 24.1. The van der Waals surface area contributed by atoms with Crippen molar-refractivity contribution in [3.63, 3.8) is 0 Å². The van der Waals surface area contributed by atoms with Gasteiger partial charge < -0.3 is 15.0 Å². The molecule has 1 unspecified atom stereocenters. The number of imidazole rings is 1. The predicted octanol–water partition coefficient (Wildman–Crippen LogP) is 4.92. The number of ether oxygens (including phenoxy) is 1. The Hall–Kier alpha value is -3.71. The van der Waals surface area contributed by atoms with Gasteiger partial charge in [-0.05, 0) is 43.4 Å². The maximum atomic E-state index is 12.9. The number of carbonyl (C=O) groups excluding carboxylic acids is 1. The first-order chi connectivity index (χ1) is 18.9. The molecule has 4 aromatic heterocycles. The summed E-state index contributed by atoms with van der Waals surface area (Å²) in [5.74, 6) is 0.695. The van der Waals surface area contributed by atoms with Crippen molar-refractivity contribution in [2.45, 2.75) is 44.4 Å². The van der Waals surface area contributed by atoms with E-state index in [0.717, 1.165) is 28.2 Å². The molecule has 1 aliphatic heterocycles. The van der Waals surface area contributed by atoms with E-state index < -0.39 is 9.84 Å². The van der Waals surface area contributed by atoms with Crippen molar-refractivity contribution in [1.29, 1.82) is 0 Å². The van der Waals surface area contributed by atoms with Gasteiger partial charge in [0.2, 0.25) is 0 Å². The van der Waals surface area contributed by atoms with E-state index in [0.29, 0.717) is 51.4 Å². The number of anilines is 2. The third-order valence-corrected chi connectivity index (χ3v) is 10.0. The third-order valence-electron chi connectivity index (χ3n) is 6.91. The number of thiophene rings is 1. The lowest BCUT2D eigenvalue weighted by Gasteiger charge is -2.29. The second kappa shape index (κ2) is 10.7. The highest BCUT2D eigenvalue weighted by molar-refractivity contribution is 7.92. The van der Waals surface area contributed by atoms with Crippen molar-refractivity contribution in [1.82, 2.24) is 29.0 Å². The van der Waals surface area contributed by atoms with Gasteiger partial charge in [0, 0.05) is 37.8 Å². The van der Waals surface area contributed by atoms with Crippen LogP contribution in [0.15, 0.2) is 41.1 Å². The quantitative estimate of drug-likeness (QED) is 0.325. The molecule has 5 heterocycles. The molecule has 0 saturated carbocycles. The molecule has 5 rings (SSSR count). The zero-order chi connectivity index (χ0) is 28.8. The predicted molar refractivity (Wildman–Crippen MR) is 156 cm³/mol. The van der Waals surface area contributed by atoms with E-state index in [9.17, 15) is 13.2 Å². The molecule has 1 aliphatic rings. The summed E-state index contributed by atoms with van der Waals surface area (Å²) in [7, 11) is -1.51. The Morgan fingerprint density at radius 3 is 2.62 bits per heavy atom. The van der Waals surface area contributed by atoms with E-state index in [1.807, 2.05) is 44.6 Å². The van der Waals surface area contributed by atoms with Gasteiger partial charge >= 0.3 is 6.09 Å². The number of rotatable bonds is 7. The highest BCUT2D eigenvalue weighted by Crippen LogP contribution is 2.34. The Morgan fingerprint density at radius 2 is 1.98 bits per heavy atom. The van der Waals surface area contributed by atoms with Crippen LogP contribution in [0.3, 0.4) is 0 Å². The van der Waals surface area contributed by atoms with Gasteiger partial charge in [-0.2, -0.15) is 5.10 Å². The lowest BCUT2D eigenvalue weighted by Crippen LogP contribution is -2.38. The van der Waals surface area contributed by atoms with Gasteiger partial charge in [-0.1, -0.05) is 19.9 Å². The number of sulfone groups is 1. The average molecular weight is 584 g/mol. The molecule has 1 N–H and O–H groups in total. The SMILES string of the molecule is Cc1cc(Nc2nc(C3=CCCN(C(=O)OC(C)C(C)C)C3)cn3c(-c4cnn(C)c4)cnc23)sc1S(C)(=O)=O. The summed E-state index contributed by atoms with van der Waals surface area (Å²) in [6, 6.07) is 1.80. The van der Waals surface area contributed by atoms with Crippen LogP contribution < -0.4 is 5.32 Å². The second-order valence-corrected chi connectivity index (χ2v) is 13.7. The van der Waals surface area contributed by atoms with Crippen molar-refractivity contribution in [2.24, 2.45) is 13.0 Å².